The molecule has 0 fully saturated rings. The van der Waals surface area contributed by atoms with Gasteiger partial charge in [-0.2, -0.15) is 0 Å². The van der Waals surface area contributed by atoms with E-state index in [1.165, 1.54) is 11.9 Å². The van der Waals surface area contributed by atoms with E-state index in [0.29, 0.717) is 17.3 Å². The van der Waals surface area contributed by atoms with Gasteiger partial charge in [0.1, 0.15) is 12.0 Å². The minimum Gasteiger partial charge on any atom is -0.393 e. The average molecular weight is 376 g/mol. The Morgan fingerprint density at radius 1 is 1.11 bits per heavy atom. The lowest BCUT2D eigenvalue weighted by atomic mass is 10.2. The lowest BCUT2D eigenvalue weighted by Gasteiger charge is -2.24. The Balaban J connectivity index is 1.69. The molecule has 27 heavy (non-hydrogen) atoms. The average Bonchev–Trinajstić information content (AvgIpc) is 3.08. The maximum absolute atomic E-state index is 6.42. The Morgan fingerprint density at radius 3 is 2.74 bits per heavy atom. The van der Waals surface area contributed by atoms with Crippen LogP contribution in [0.3, 0.4) is 0 Å². The smallest absolute Gasteiger partial charge is 0.189 e. The van der Waals surface area contributed by atoms with Crippen LogP contribution in [-0.4, -0.2) is 21.5 Å². The van der Waals surface area contributed by atoms with Gasteiger partial charge >= 0.3 is 0 Å². The number of benzene rings is 2. The number of nitrogen functional groups attached to an aromatic ring is 1. The van der Waals surface area contributed by atoms with Gasteiger partial charge in [0.15, 0.2) is 16.8 Å². The van der Waals surface area contributed by atoms with Crippen molar-refractivity contribution in [3.63, 3.8) is 0 Å². The lowest BCUT2D eigenvalue weighted by molar-refractivity contribution is 0.979. The highest BCUT2D eigenvalue weighted by molar-refractivity contribution is 7.22. The van der Waals surface area contributed by atoms with E-state index in [4.69, 9.17) is 5.73 Å². The summed E-state index contributed by atoms with van der Waals surface area (Å²) in [5.74, 6) is 1.24. The fourth-order valence-electron chi connectivity index (χ4n) is 2.98. The largest absolute Gasteiger partial charge is 0.393 e. The molecule has 136 valence electrons. The van der Waals surface area contributed by atoms with E-state index in [1.54, 1.807) is 11.3 Å². The first-order chi connectivity index (χ1) is 13.2. The van der Waals surface area contributed by atoms with E-state index in [2.05, 4.69) is 57.2 Å². The van der Waals surface area contributed by atoms with Crippen LogP contribution in [0.1, 0.15) is 12.5 Å². The van der Waals surface area contributed by atoms with Gasteiger partial charge in [0.2, 0.25) is 0 Å². The predicted molar refractivity (Wildman–Crippen MR) is 113 cm³/mol. The van der Waals surface area contributed by atoms with Crippen LogP contribution in [0.15, 0.2) is 54.9 Å². The van der Waals surface area contributed by atoms with Gasteiger partial charge in [-0.1, -0.05) is 35.6 Å². The second-order valence-electron chi connectivity index (χ2n) is 6.15. The molecule has 4 aromatic rings. The number of nitrogens with two attached hydrogens (primary N) is 1. The molecule has 2 aromatic carbocycles. The molecule has 2 heterocycles. The van der Waals surface area contributed by atoms with Gasteiger partial charge < -0.3 is 16.0 Å². The summed E-state index contributed by atoms with van der Waals surface area (Å²) in [6.07, 6.45) is 1.53. The number of nitrogens with zero attached hydrogens (tertiary/aromatic N) is 4. The summed E-state index contributed by atoms with van der Waals surface area (Å²) >= 11 is 1.57. The van der Waals surface area contributed by atoms with Crippen molar-refractivity contribution in [2.75, 3.05) is 22.5 Å². The Bertz CT molecular complexity index is 1060. The van der Waals surface area contributed by atoms with E-state index in [-0.39, 0.29) is 0 Å². The molecule has 0 atom stereocenters. The highest BCUT2D eigenvalue weighted by Crippen LogP contribution is 2.34. The quantitative estimate of drug-likeness (QED) is 0.517. The molecular formula is C20H20N6S. The van der Waals surface area contributed by atoms with E-state index in [9.17, 15) is 0 Å². The third-order valence-corrected chi connectivity index (χ3v) is 5.22. The summed E-state index contributed by atoms with van der Waals surface area (Å²) in [7, 11) is 0. The van der Waals surface area contributed by atoms with E-state index < -0.39 is 0 Å². The van der Waals surface area contributed by atoms with Crippen LogP contribution in [0.5, 0.6) is 0 Å². The molecule has 3 N–H and O–H groups in total. The van der Waals surface area contributed by atoms with Crippen LogP contribution in [0, 0.1) is 6.92 Å². The lowest BCUT2D eigenvalue weighted by Crippen LogP contribution is -2.20. The first-order valence-electron chi connectivity index (χ1n) is 8.73. The van der Waals surface area contributed by atoms with Crippen LogP contribution in [0.25, 0.3) is 10.2 Å². The van der Waals surface area contributed by atoms with Gasteiger partial charge in [0.25, 0.3) is 0 Å². The zero-order valence-electron chi connectivity index (χ0n) is 15.2. The van der Waals surface area contributed by atoms with Gasteiger partial charge in [0.05, 0.1) is 10.2 Å². The Kier molecular flexibility index (Phi) is 4.60. The van der Waals surface area contributed by atoms with Gasteiger partial charge in [0, 0.05) is 12.2 Å². The summed E-state index contributed by atoms with van der Waals surface area (Å²) < 4.78 is 1.11. The van der Waals surface area contributed by atoms with E-state index >= 15 is 0 Å². The molecule has 0 aliphatic heterocycles. The van der Waals surface area contributed by atoms with Crippen LogP contribution < -0.4 is 16.0 Å². The normalized spacial score (nSPS) is 10.9. The van der Waals surface area contributed by atoms with Crippen LogP contribution >= 0.6 is 11.3 Å². The molecule has 0 unspecified atom stereocenters. The van der Waals surface area contributed by atoms with Crippen molar-refractivity contribution < 1.29 is 0 Å². The number of hydrogen-bond acceptors (Lipinski definition) is 7. The standard InChI is InChI=1S/C20H20N6S/c1-3-26(14-8-6-7-13(2)11-14)19-17(21)18(22-12-23-19)25-20-24-15-9-4-5-10-16(15)27-20/h4-12H,3,21H2,1-2H3,(H,22,23,24,25). The molecule has 0 aliphatic rings. The van der Waals surface area contributed by atoms with Crippen molar-refractivity contribution in [2.24, 2.45) is 0 Å². The number of aryl methyl sites for hydroxylation is 1. The molecule has 2 aromatic heterocycles. The van der Waals surface area contributed by atoms with Crippen molar-refractivity contribution in [3.8, 4) is 0 Å². The molecule has 0 aliphatic carbocycles. The zero-order chi connectivity index (χ0) is 18.8. The highest BCUT2D eigenvalue weighted by Gasteiger charge is 2.17. The fraction of sp³-hybridized carbons (Fsp3) is 0.150. The van der Waals surface area contributed by atoms with Gasteiger partial charge in [-0.25, -0.2) is 15.0 Å². The zero-order valence-corrected chi connectivity index (χ0v) is 16.0. The number of nitrogens with one attached hydrogen (secondary N) is 1. The summed E-state index contributed by atoms with van der Waals surface area (Å²) in [5.41, 5.74) is 10.1. The van der Waals surface area contributed by atoms with Crippen LogP contribution in [0.4, 0.5) is 28.1 Å². The summed E-state index contributed by atoms with van der Waals surface area (Å²) in [4.78, 5) is 15.4. The van der Waals surface area contributed by atoms with Crippen molar-refractivity contribution >= 4 is 49.7 Å². The first-order valence-corrected chi connectivity index (χ1v) is 9.54. The third kappa shape index (κ3) is 3.41. The van der Waals surface area contributed by atoms with Crippen molar-refractivity contribution in [1.29, 1.82) is 0 Å². The molecule has 0 radical (unpaired) electrons. The minimum atomic E-state index is 0.500. The van der Waals surface area contributed by atoms with Crippen LogP contribution in [-0.2, 0) is 0 Å². The number of aromatic nitrogens is 3. The maximum Gasteiger partial charge on any atom is 0.189 e. The molecule has 6 nitrogen and oxygen atoms in total. The highest BCUT2D eigenvalue weighted by atomic mass is 32.1. The molecular weight excluding hydrogens is 356 g/mol. The molecule has 7 heteroatoms. The predicted octanol–water partition coefficient (Wildman–Crippen LogP) is 4.88. The number of para-hydroxylation sites is 1. The first kappa shape index (κ1) is 17.2. The van der Waals surface area contributed by atoms with Crippen molar-refractivity contribution in [3.05, 3.63) is 60.4 Å². The van der Waals surface area contributed by atoms with E-state index in [1.807, 2.05) is 30.3 Å². The second kappa shape index (κ2) is 7.20. The van der Waals surface area contributed by atoms with Gasteiger partial charge in [-0.05, 0) is 43.7 Å². The topological polar surface area (TPSA) is 80.0 Å². The number of hydrogen-bond donors (Lipinski definition) is 2. The number of fused-ring (bicyclic) bond motifs is 1. The van der Waals surface area contributed by atoms with Crippen LogP contribution in [0.2, 0.25) is 0 Å². The Morgan fingerprint density at radius 2 is 1.96 bits per heavy atom. The Hall–Kier alpha value is -3.19. The van der Waals surface area contributed by atoms with Crippen molar-refractivity contribution in [1.82, 2.24) is 15.0 Å². The molecule has 0 saturated heterocycles. The summed E-state index contributed by atoms with van der Waals surface area (Å²) in [5, 5.41) is 4.00. The minimum absolute atomic E-state index is 0.500. The maximum atomic E-state index is 6.42. The summed E-state index contributed by atoms with van der Waals surface area (Å²) in [6.45, 7) is 4.89. The SMILES string of the molecule is CCN(c1cccc(C)c1)c1ncnc(Nc2nc3ccccc3s2)c1N. The molecule has 4 rings (SSSR count). The second-order valence-corrected chi connectivity index (χ2v) is 7.19. The Labute approximate surface area is 161 Å². The summed E-state index contributed by atoms with van der Waals surface area (Å²) in [6, 6.07) is 16.3. The van der Waals surface area contributed by atoms with Crippen molar-refractivity contribution in [2.45, 2.75) is 13.8 Å². The molecule has 0 spiro atoms. The third-order valence-electron chi connectivity index (χ3n) is 4.27. The fourth-order valence-corrected chi connectivity index (χ4v) is 3.84. The monoisotopic (exact) mass is 376 g/mol. The molecule has 0 bridgehead atoms. The molecule has 0 amide bonds. The molecule has 0 saturated carbocycles. The number of rotatable bonds is 5. The number of thiazole rings is 1. The van der Waals surface area contributed by atoms with Gasteiger partial charge in [-0.3, -0.25) is 0 Å². The van der Waals surface area contributed by atoms with Gasteiger partial charge in [-0.15, -0.1) is 0 Å². The van der Waals surface area contributed by atoms with E-state index in [0.717, 1.165) is 27.6 Å². The number of anilines is 5.